The van der Waals surface area contributed by atoms with Crippen LogP contribution in [0.2, 0.25) is 5.02 Å². The number of thioether (sulfide) groups is 1. The average molecular weight is 1300 g/mol. The Morgan fingerprint density at radius 2 is 1.47 bits per heavy atom. The molecule has 4 amide bonds. The first-order valence-electron chi connectivity index (χ1n) is 30.7. The van der Waals surface area contributed by atoms with Gasteiger partial charge in [-0.05, 0) is 67.5 Å². The van der Waals surface area contributed by atoms with Crippen LogP contribution in [0.5, 0.6) is 17.5 Å². The fourth-order valence-corrected chi connectivity index (χ4v) is 11.0. The Labute approximate surface area is 536 Å². The van der Waals surface area contributed by atoms with Crippen LogP contribution in [0.1, 0.15) is 103 Å². The topological polar surface area (TPSA) is 294 Å². The van der Waals surface area contributed by atoms with Crippen molar-refractivity contribution in [3.8, 4) is 17.5 Å². The van der Waals surface area contributed by atoms with Crippen LogP contribution in [0, 0.1) is 17.3 Å². The van der Waals surface area contributed by atoms with Gasteiger partial charge in [-0.15, -0.1) is 16.5 Å². The summed E-state index contributed by atoms with van der Waals surface area (Å²) in [7, 11) is 1.50. The molecule has 0 unspecified atom stereocenters. The number of carbonyl (C=O) groups is 7. The van der Waals surface area contributed by atoms with Crippen LogP contribution in [0.3, 0.4) is 0 Å². The van der Waals surface area contributed by atoms with Crippen molar-refractivity contribution >= 4 is 64.9 Å². The van der Waals surface area contributed by atoms with Gasteiger partial charge in [0.2, 0.25) is 35.4 Å². The first-order chi connectivity index (χ1) is 42.9. The third kappa shape index (κ3) is 24.3. The average Bonchev–Trinajstić information content (AvgIpc) is 1.67. The summed E-state index contributed by atoms with van der Waals surface area (Å²) in [5.41, 5.74) is 1.49. The number of esters is 2. The predicted molar refractivity (Wildman–Crippen MR) is 335 cm³/mol. The summed E-state index contributed by atoms with van der Waals surface area (Å²) in [6.07, 6.45) is 1.70. The maximum absolute atomic E-state index is 14.0. The molecule has 3 aromatic rings. The van der Waals surface area contributed by atoms with E-state index in [1.165, 1.54) is 37.1 Å². The van der Waals surface area contributed by atoms with E-state index in [0.29, 0.717) is 99.7 Å². The molecule has 3 aliphatic rings. The molecule has 1 aromatic heterocycles. The number of methoxy groups -OCH3 is 1. The van der Waals surface area contributed by atoms with Gasteiger partial charge in [-0.1, -0.05) is 82.6 Å². The lowest BCUT2D eigenvalue weighted by Gasteiger charge is -2.35. The summed E-state index contributed by atoms with van der Waals surface area (Å²) in [5.74, 6) is -3.61. The van der Waals surface area contributed by atoms with Crippen molar-refractivity contribution in [2.75, 3.05) is 105 Å². The first-order valence-corrected chi connectivity index (χ1v) is 32.0. The molecular formula is C64H91ClN6O18S. The number of hydrogen-bond acceptors (Lipinski definition) is 20. The summed E-state index contributed by atoms with van der Waals surface area (Å²) in [6.45, 7) is 19.1. The third-order valence-corrected chi connectivity index (χ3v) is 17.1. The van der Waals surface area contributed by atoms with E-state index in [2.05, 4.69) is 33.0 Å². The molecule has 0 spiro atoms. The van der Waals surface area contributed by atoms with E-state index in [1.807, 2.05) is 51.7 Å². The highest BCUT2D eigenvalue weighted by molar-refractivity contribution is 8.01. The molecule has 90 heavy (non-hydrogen) atoms. The fourth-order valence-electron chi connectivity index (χ4n) is 9.82. The molecule has 0 saturated carbocycles. The molecule has 3 aliphatic heterocycles. The molecule has 2 saturated heterocycles. The third-order valence-electron chi connectivity index (χ3n) is 15.4. The second-order valence-corrected chi connectivity index (χ2v) is 26.2. The molecule has 6 rings (SSSR count). The van der Waals surface area contributed by atoms with Gasteiger partial charge in [0.25, 0.3) is 0 Å². The normalized spacial score (nSPS) is 20.6. The van der Waals surface area contributed by atoms with Crippen LogP contribution in [0.4, 0.5) is 0 Å². The van der Waals surface area contributed by atoms with Gasteiger partial charge in [0.05, 0.1) is 88.7 Å². The Hall–Kier alpha value is -6.45. The van der Waals surface area contributed by atoms with Gasteiger partial charge in [-0.2, -0.15) is 0 Å². The number of epoxide rings is 1. The second kappa shape index (κ2) is 36.0. The monoisotopic (exact) mass is 1300 g/mol. The Morgan fingerprint density at radius 1 is 0.833 bits per heavy atom. The van der Waals surface area contributed by atoms with Crippen molar-refractivity contribution < 1.29 is 86.5 Å². The van der Waals surface area contributed by atoms with E-state index >= 15 is 0 Å². The highest BCUT2D eigenvalue weighted by Gasteiger charge is 2.48. The zero-order valence-electron chi connectivity index (χ0n) is 53.0. The Balaban J connectivity index is 0.860. The minimum Gasteiger partial charge on any atom is -0.495 e. The smallest absolute Gasteiger partial charge is 0.347 e. The lowest BCUT2D eigenvalue weighted by Crippen LogP contribution is -2.51. The molecule has 0 aliphatic carbocycles. The largest absolute Gasteiger partial charge is 0.495 e. The maximum atomic E-state index is 14.0. The SMILES string of the molecule is COc1ccc(C[C@H]2NC(=O)C=CC[C@@H]([C@H](C)[C@H]3O[C@@H]3c3ccc(CN4CCN(C(=O)CCC(C)(C)SCC(=O)NCCOCCOCCOCCOCCC(=O)On5c(O)ccc5O)CC4)cc3)OC(=O)[C@H](CC(C)C)OC(=O)C(C)(C)CNC2=O)cc1Cl. The van der Waals surface area contributed by atoms with Gasteiger partial charge >= 0.3 is 17.9 Å². The number of carbonyl (C=O) groups excluding carboxylic acids is 7. The van der Waals surface area contributed by atoms with Gasteiger partial charge in [0, 0.05) is 87.9 Å². The summed E-state index contributed by atoms with van der Waals surface area (Å²) >= 11 is 7.91. The van der Waals surface area contributed by atoms with Crippen LogP contribution in [0.15, 0.2) is 66.7 Å². The molecule has 2 aromatic carbocycles. The van der Waals surface area contributed by atoms with E-state index in [4.69, 9.17) is 54.3 Å². The van der Waals surface area contributed by atoms with E-state index in [1.54, 1.807) is 38.1 Å². The van der Waals surface area contributed by atoms with Crippen LogP contribution in [-0.2, 0) is 79.7 Å². The predicted octanol–water partition coefficient (Wildman–Crippen LogP) is 5.50. The lowest BCUT2D eigenvalue weighted by molar-refractivity contribution is -0.179. The van der Waals surface area contributed by atoms with Crippen LogP contribution < -0.4 is 25.5 Å². The van der Waals surface area contributed by atoms with E-state index in [-0.39, 0.29) is 91.8 Å². The van der Waals surface area contributed by atoms with Crippen LogP contribution in [-0.4, -0.2) is 200 Å². The van der Waals surface area contributed by atoms with Crippen LogP contribution in [0.25, 0.3) is 0 Å². The molecule has 0 radical (unpaired) electrons. The van der Waals surface area contributed by atoms with Crippen molar-refractivity contribution in [3.63, 3.8) is 0 Å². The Kier molecular flexibility index (Phi) is 29.0. The van der Waals surface area contributed by atoms with Crippen molar-refractivity contribution in [2.24, 2.45) is 17.3 Å². The minimum atomic E-state index is -1.25. The molecule has 5 N–H and O–H groups in total. The van der Waals surface area contributed by atoms with Crippen molar-refractivity contribution in [2.45, 2.75) is 129 Å². The van der Waals surface area contributed by atoms with Crippen LogP contribution >= 0.6 is 23.4 Å². The highest BCUT2D eigenvalue weighted by atomic mass is 35.5. The Morgan fingerprint density at radius 3 is 2.10 bits per heavy atom. The molecule has 4 heterocycles. The van der Waals surface area contributed by atoms with Gasteiger partial charge in [0.1, 0.15) is 24.0 Å². The minimum absolute atomic E-state index is 0.0338. The fraction of sp³-hybridized carbons (Fsp3) is 0.609. The quantitative estimate of drug-likeness (QED) is 0.0293. The van der Waals surface area contributed by atoms with Crippen molar-refractivity contribution in [3.05, 3.63) is 88.5 Å². The van der Waals surface area contributed by atoms with E-state index in [9.17, 15) is 43.8 Å². The molecule has 26 heteroatoms. The molecule has 6 atom stereocenters. The number of aromatic nitrogens is 1. The van der Waals surface area contributed by atoms with Gasteiger partial charge in [-0.3, -0.25) is 28.9 Å². The number of ether oxygens (including phenoxy) is 8. The molecule has 24 nitrogen and oxygen atoms in total. The standard InChI is InChI=1S/C64H91ClN6O18S/c1-42(2)36-51-61(79)86-49(10-9-11-52(72)68-48(38-45-14-17-50(81-8)47(65)37-45)60(78)67-41-63(4,5)62(80)87-51)43(3)58-59(88-58)46-15-12-44(13-16-46)39-69-24-26-70(27-25-69)54(74)20-22-64(6,7)90-40-53(73)66-23-29-83-31-33-85-35-34-84-32-30-82-28-21-57(77)89-71-55(75)18-19-56(71)76/h9,11-19,37,42-43,48-49,51,58-59,75-76H,10,20-36,38-41H2,1-8H3,(H,66,73)(H,67,78)(H,68,72)/t43-,48+,49-,51-,58+,59+/m0/s1. The highest BCUT2D eigenvalue weighted by Crippen LogP contribution is 2.45. The number of benzene rings is 2. The number of amides is 4. The first kappa shape index (κ1) is 72.6. The Bertz CT molecular complexity index is 2840. The number of hydrogen-bond donors (Lipinski definition) is 5. The molecular weight excluding hydrogens is 1210 g/mol. The maximum Gasteiger partial charge on any atom is 0.347 e. The van der Waals surface area contributed by atoms with Gasteiger partial charge < -0.3 is 73.8 Å². The number of halogens is 1. The van der Waals surface area contributed by atoms with Crippen molar-refractivity contribution in [1.82, 2.24) is 30.5 Å². The summed E-state index contributed by atoms with van der Waals surface area (Å²) < 4.78 is 45.8. The van der Waals surface area contributed by atoms with Gasteiger partial charge in [0.15, 0.2) is 6.10 Å². The summed E-state index contributed by atoms with van der Waals surface area (Å²) in [5, 5.41) is 27.8. The lowest BCUT2D eigenvalue weighted by atomic mass is 9.92. The number of nitrogens with zero attached hydrogens (tertiary/aromatic N) is 3. The number of aromatic hydroxyl groups is 2. The number of nitrogens with one attached hydrogen (secondary N) is 3. The zero-order valence-corrected chi connectivity index (χ0v) is 54.6. The van der Waals surface area contributed by atoms with Crippen molar-refractivity contribution in [1.29, 1.82) is 0 Å². The molecule has 0 bridgehead atoms. The number of cyclic esters (lactones) is 2. The number of rotatable bonds is 32. The summed E-state index contributed by atoms with van der Waals surface area (Å²) in [4.78, 5) is 102. The zero-order chi connectivity index (χ0) is 65.4. The van der Waals surface area contributed by atoms with Gasteiger partial charge in [-0.25, -0.2) is 9.59 Å². The number of piperazine rings is 1. The molecule has 498 valence electrons. The molecule has 2 fully saturated rings. The summed E-state index contributed by atoms with van der Waals surface area (Å²) in [6, 6.07) is 14.7. The van der Waals surface area contributed by atoms with E-state index < -0.39 is 65.1 Å². The second-order valence-electron chi connectivity index (χ2n) is 24.2. The van der Waals surface area contributed by atoms with E-state index in [0.717, 1.165) is 24.2 Å².